The van der Waals surface area contributed by atoms with Crippen molar-refractivity contribution in [2.45, 2.75) is 31.7 Å². The van der Waals surface area contributed by atoms with Crippen molar-refractivity contribution >= 4 is 5.69 Å². The number of anilines is 1. The molecule has 0 aliphatic heterocycles. The molecule has 3 rings (SSSR count). The summed E-state index contributed by atoms with van der Waals surface area (Å²) in [6.45, 7) is 0. The largest absolute Gasteiger partial charge is 0.381 e. The van der Waals surface area contributed by atoms with Crippen LogP contribution >= 0.6 is 0 Å². The number of nitrogens with one attached hydrogen (secondary N) is 1. The van der Waals surface area contributed by atoms with Crippen LogP contribution in [0.2, 0.25) is 0 Å². The van der Waals surface area contributed by atoms with E-state index in [1.807, 2.05) is 24.5 Å². The molecular weight excluding hydrogens is 212 g/mol. The Kier molecular flexibility index (Phi) is 2.78. The van der Waals surface area contributed by atoms with Crippen LogP contribution in [0.1, 0.15) is 25.7 Å². The highest BCUT2D eigenvalue weighted by Crippen LogP contribution is 2.22. The highest BCUT2D eigenvalue weighted by Gasteiger charge is 2.14. The molecular formula is C13H16N4. The lowest BCUT2D eigenvalue weighted by molar-refractivity contribution is 0.754. The summed E-state index contributed by atoms with van der Waals surface area (Å²) in [6.07, 6.45) is 10.8. The zero-order valence-electron chi connectivity index (χ0n) is 9.71. The van der Waals surface area contributed by atoms with Gasteiger partial charge in [-0.3, -0.25) is 0 Å². The number of hydrogen-bond donors (Lipinski definition) is 1. The van der Waals surface area contributed by atoms with E-state index < -0.39 is 0 Å². The molecule has 1 fully saturated rings. The number of aromatic nitrogens is 3. The van der Waals surface area contributed by atoms with Gasteiger partial charge in [-0.15, -0.1) is 0 Å². The van der Waals surface area contributed by atoms with Crippen LogP contribution in [0.4, 0.5) is 5.69 Å². The van der Waals surface area contributed by atoms with E-state index in [2.05, 4.69) is 21.5 Å². The molecule has 4 nitrogen and oxygen atoms in total. The second-order valence-corrected chi connectivity index (χ2v) is 4.48. The fourth-order valence-electron chi connectivity index (χ4n) is 2.32. The van der Waals surface area contributed by atoms with E-state index in [1.54, 1.807) is 10.9 Å². The van der Waals surface area contributed by atoms with Gasteiger partial charge in [0.05, 0.1) is 11.9 Å². The van der Waals surface area contributed by atoms with Crippen LogP contribution in [0.15, 0.2) is 36.8 Å². The van der Waals surface area contributed by atoms with Gasteiger partial charge >= 0.3 is 0 Å². The van der Waals surface area contributed by atoms with Gasteiger partial charge in [0.2, 0.25) is 0 Å². The molecule has 0 unspecified atom stereocenters. The van der Waals surface area contributed by atoms with Gasteiger partial charge in [0.1, 0.15) is 0 Å². The molecule has 0 bridgehead atoms. The topological polar surface area (TPSA) is 42.7 Å². The normalized spacial score (nSPS) is 16.2. The van der Waals surface area contributed by atoms with E-state index in [4.69, 9.17) is 0 Å². The Hall–Kier alpha value is -1.84. The SMILES string of the molecule is c1cnn(-c2ccc(NC3CCCC3)cn2)c1. The summed E-state index contributed by atoms with van der Waals surface area (Å²) in [6, 6.07) is 6.59. The first-order chi connectivity index (χ1) is 8.42. The lowest BCUT2D eigenvalue weighted by Gasteiger charge is -2.13. The Morgan fingerprint density at radius 2 is 2.12 bits per heavy atom. The second-order valence-electron chi connectivity index (χ2n) is 4.48. The third kappa shape index (κ3) is 2.30. The predicted octanol–water partition coefficient (Wildman–Crippen LogP) is 2.62. The van der Waals surface area contributed by atoms with Crippen molar-refractivity contribution in [1.82, 2.24) is 14.8 Å². The van der Waals surface area contributed by atoms with Crippen LogP contribution in [-0.2, 0) is 0 Å². The zero-order chi connectivity index (χ0) is 11.5. The number of pyridine rings is 1. The molecule has 2 heterocycles. The van der Waals surface area contributed by atoms with E-state index in [0.29, 0.717) is 6.04 Å². The lowest BCUT2D eigenvalue weighted by atomic mass is 10.2. The van der Waals surface area contributed by atoms with Gasteiger partial charge in [-0.25, -0.2) is 9.67 Å². The van der Waals surface area contributed by atoms with Gasteiger partial charge in [-0.2, -0.15) is 5.10 Å². The zero-order valence-corrected chi connectivity index (χ0v) is 9.71. The Balaban J connectivity index is 1.71. The predicted molar refractivity (Wildman–Crippen MR) is 67.2 cm³/mol. The molecule has 0 spiro atoms. The van der Waals surface area contributed by atoms with Crippen LogP contribution in [0.5, 0.6) is 0 Å². The Morgan fingerprint density at radius 1 is 1.24 bits per heavy atom. The lowest BCUT2D eigenvalue weighted by Crippen LogP contribution is -2.14. The maximum Gasteiger partial charge on any atom is 0.153 e. The first-order valence-corrected chi connectivity index (χ1v) is 6.14. The summed E-state index contributed by atoms with van der Waals surface area (Å²) in [7, 11) is 0. The Labute approximate surface area is 101 Å². The molecule has 0 atom stereocenters. The van der Waals surface area contributed by atoms with Crippen molar-refractivity contribution in [1.29, 1.82) is 0 Å². The van der Waals surface area contributed by atoms with E-state index in [9.17, 15) is 0 Å². The molecule has 0 radical (unpaired) electrons. The highest BCUT2D eigenvalue weighted by molar-refractivity contribution is 5.44. The third-order valence-electron chi connectivity index (χ3n) is 3.21. The van der Waals surface area contributed by atoms with E-state index in [-0.39, 0.29) is 0 Å². The molecule has 1 saturated carbocycles. The summed E-state index contributed by atoms with van der Waals surface area (Å²) < 4.78 is 1.76. The fourth-order valence-corrected chi connectivity index (χ4v) is 2.32. The average Bonchev–Trinajstić information content (AvgIpc) is 3.01. The summed E-state index contributed by atoms with van der Waals surface area (Å²) in [5, 5.41) is 7.67. The van der Waals surface area contributed by atoms with Crippen LogP contribution in [0.3, 0.4) is 0 Å². The third-order valence-corrected chi connectivity index (χ3v) is 3.21. The van der Waals surface area contributed by atoms with Crippen molar-refractivity contribution < 1.29 is 0 Å². The van der Waals surface area contributed by atoms with Crippen LogP contribution in [-0.4, -0.2) is 20.8 Å². The van der Waals surface area contributed by atoms with Gasteiger partial charge in [0.15, 0.2) is 5.82 Å². The molecule has 0 saturated heterocycles. The summed E-state index contributed by atoms with van der Waals surface area (Å²) in [4.78, 5) is 4.40. The van der Waals surface area contributed by atoms with Crippen LogP contribution < -0.4 is 5.32 Å². The molecule has 2 aromatic rings. The summed E-state index contributed by atoms with van der Waals surface area (Å²) in [5.41, 5.74) is 1.10. The van der Waals surface area contributed by atoms with E-state index in [1.165, 1.54) is 25.7 Å². The Bertz CT molecular complexity index is 455. The van der Waals surface area contributed by atoms with Gasteiger partial charge in [0, 0.05) is 18.4 Å². The quantitative estimate of drug-likeness (QED) is 0.878. The monoisotopic (exact) mass is 228 g/mol. The van der Waals surface area contributed by atoms with Crippen molar-refractivity contribution in [2.24, 2.45) is 0 Å². The average molecular weight is 228 g/mol. The molecule has 1 aliphatic rings. The van der Waals surface area contributed by atoms with Crippen LogP contribution in [0.25, 0.3) is 5.82 Å². The molecule has 1 aliphatic carbocycles. The smallest absolute Gasteiger partial charge is 0.153 e. The molecule has 0 aromatic carbocycles. The molecule has 2 aromatic heterocycles. The maximum absolute atomic E-state index is 4.40. The Morgan fingerprint density at radius 3 is 2.76 bits per heavy atom. The molecule has 4 heteroatoms. The van der Waals surface area contributed by atoms with Crippen molar-refractivity contribution in [3.05, 3.63) is 36.8 Å². The highest BCUT2D eigenvalue weighted by atomic mass is 15.3. The number of hydrogen-bond acceptors (Lipinski definition) is 3. The minimum Gasteiger partial charge on any atom is -0.381 e. The van der Waals surface area contributed by atoms with Gasteiger partial charge in [0.25, 0.3) is 0 Å². The molecule has 17 heavy (non-hydrogen) atoms. The molecule has 1 N–H and O–H groups in total. The first-order valence-electron chi connectivity index (χ1n) is 6.14. The van der Waals surface area contributed by atoms with Gasteiger partial charge in [-0.1, -0.05) is 12.8 Å². The van der Waals surface area contributed by atoms with E-state index in [0.717, 1.165) is 11.5 Å². The van der Waals surface area contributed by atoms with Crippen molar-refractivity contribution in [3.63, 3.8) is 0 Å². The van der Waals surface area contributed by atoms with Crippen molar-refractivity contribution in [3.8, 4) is 5.82 Å². The fraction of sp³-hybridized carbons (Fsp3) is 0.385. The van der Waals surface area contributed by atoms with Crippen molar-refractivity contribution in [2.75, 3.05) is 5.32 Å². The minimum atomic E-state index is 0.632. The van der Waals surface area contributed by atoms with Gasteiger partial charge in [-0.05, 0) is 31.0 Å². The minimum absolute atomic E-state index is 0.632. The summed E-state index contributed by atoms with van der Waals surface area (Å²) >= 11 is 0. The summed E-state index contributed by atoms with van der Waals surface area (Å²) in [5.74, 6) is 0.854. The van der Waals surface area contributed by atoms with Crippen LogP contribution in [0, 0.1) is 0 Å². The van der Waals surface area contributed by atoms with E-state index >= 15 is 0 Å². The van der Waals surface area contributed by atoms with Gasteiger partial charge < -0.3 is 5.32 Å². The maximum atomic E-state index is 4.40. The number of rotatable bonds is 3. The number of nitrogens with zero attached hydrogens (tertiary/aromatic N) is 3. The molecule has 88 valence electrons. The second kappa shape index (κ2) is 4.57. The first kappa shape index (κ1) is 10.3. The standard InChI is InChI=1S/C13H16N4/c1-2-5-11(4-1)16-12-6-7-13(14-10-12)17-9-3-8-15-17/h3,6-11,16H,1-2,4-5H2. The molecule has 0 amide bonds.